The van der Waals surface area contributed by atoms with Crippen LogP contribution >= 0.6 is 11.8 Å². The summed E-state index contributed by atoms with van der Waals surface area (Å²) in [6, 6.07) is 13.7. The number of carbonyl (C=O) groups is 1. The van der Waals surface area contributed by atoms with Gasteiger partial charge in [-0.2, -0.15) is 0 Å². The first-order chi connectivity index (χ1) is 17.3. The van der Waals surface area contributed by atoms with Gasteiger partial charge >= 0.3 is 5.97 Å². The van der Waals surface area contributed by atoms with E-state index in [2.05, 4.69) is 0 Å². The molecule has 5 rings (SSSR count). The summed E-state index contributed by atoms with van der Waals surface area (Å²) in [5.74, 6) is 0.519. The van der Waals surface area contributed by atoms with Crippen molar-refractivity contribution in [3.63, 3.8) is 0 Å². The zero-order chi connectivity index (χ0) is 25.3. The lowest BCUT2D eigenvalue weighted by molar-refractivity contribution is -0.147. The van der Waals surface area contributed by atoms with Crippen LogP contribution in [0.5, 0.6) is 0 Å². The summed E-state index contributed by atoms with van der Waals surface area (Å²) in [5.41, 5.74) is 3.03. The number of β-amino-alcohol motifs (C(OH)–C–C–N with tert-alkyl or cyclic N) is 2. The Morgan fingerprint density at radius 2 is 1.81 bits per heavy atom. The summed E-state index contributed by atoms with van der Waals surface area (Å²) in [7, 11) is 1.41. The van der Waals surface area contributed by atoms with E-state index < -0.39 is 5.12 Å². The van der Waals surface area contributed by atoms with E-state index in [0.29, 0.717) is 35.2 Å². The summed E-state index contributed by atoms with van der Waals surface area (Å²) >= 11 is 1.13. The third-order valence-corrected chi connectivity index (χ3v) is 7.93. The number of carbonyl (C=O) groups excluding carboxylic acids is 1. The van der Waals surface area contributed by atoms with Crippen LogP contribution in [0.25, 0.3) is 22.8 Å². The Morgan fingerprint density at radius 1 is 1.11 bits per heavy atom. The standard InChI is InChI=1S/C27H29FN2O5S/c1-34-26(31)22-5-3-2-4-21(22)23-24(35-25(29-23)18-6-10-19(28)11-7-18)17-8-12-20(13-9-17)30-14-15-36-27(32,33)16-30/h6-13,21-22,32-33H,2-5,14-16H2,1H3/t21-,22-/m1/s1. The molecule has 2 aromatic carbocycles. The number of methoxy groups -OCH3 is 1. The van der Waals surface area contributed by atoms with E-state index in [-0.39, 0.29) is 30.2 Å². The Labute approximate surface area is 213 Å². The maximum atomic E-state index is 13.5. The van der Waals surface area contributed by atoms with Crippen LogP contribution < -0.4 is 4.90 Å². The van der Waals surface area contributed by atoms with Crippen LogP contribution in [0.3, 0.4) is 0 Å². The largest absolute Gasteiger partial charge is 0.469 e. The van der Waals surface area contributed by atoms with Gasteiger partial charge < -0.3 is 24.3 Å². The van der Waals surface area contributed by atoms with Gasteiger partial charge in [0.2, 0.25) is 11.0 Å². The number of halogens is 1. The molecule has 1 aromatic heterocycles. The summed E-state index contributed by atoms with van der Waals surface area (Å²) in [6.45, 7) is 0.820. The molecule has 1 saturated carbocycles. The van der Waals surface area contributed by atoms with E-state index >= 15 is 0 Å². The highest BCUT2D eigenvalue weighted by Gasteiger charge is 2.37. The Balaban J connectivity index is 1.53. The zero-order valence-electron chi connectivity index (χ0n) is 20.0. The third-order valence-electron chi connectivity index (χ3n) is 6.95. The van der Waals surface area contributed by atoms with Crippen LogP contribution in [0.4, 0.5) is 10.1 Å². The molecule has 1 saturated heterocycles. The van der Waals surface area contributed by atoms with E-state index in [9.17, 15) is 19.4 Å². The molecule has 2 N–H and O–H groups in total. The highest BCUT2D eigenvalue weighted by atomic mass is 32.2. The molecule has 0 spiro atoms. The third kappa shape index (κ3) is 5.14. The number of hydrogen-bond acceptors (Lipinski definition) is 8. The Bertz CT molecular complexity index is 1210. The highest BCUT2D eigenvalue weighted by Crippen LogP contribution is 2.44. The number of nitrogens with zero attached hydrogens (tertiary/aromatic N) is 2. The van der Waals surface area contributed by atoms with Crippen LogP contribution in [-0.4, -0.2) is 52.2 Å². The van der Waals surface area contributed by atoms with Gasteiger partial charge in [0.05, 0.1) is 25.3 Å². The van der Waals surface area contributed by atoms with Crippen molar-refractivity contribution in [3.8, 4) is 22.8 Å². The summed E-state index contributed by atoms with van der Waals surface area (Å²) in [4.78, 5) is 19.4. The van der Waals surface area contributed by atoms with Crippen molar-refractivity contribution in [1.82, 2.24) is 4.98 Å². The number of oxazole rings is 1. The number of benzene rings is 2. The smallest absolute Gasteiger partial charge is 0.309 e. The molecule has 2 atom stereocenters. The van der Waals surface area contributed by atoms with Crippen LogP contribution in [-0.2, 0) is 9.53 Å². The van der Waals surface area contributed by atoms with Gasteiger partial charge in [0.1, 0.15) is 5.82 Å². The molecule has 36 heavy (non-hydrogen) atoms. The van der Waals surface area contributed by atoms with Crippen LogP contribution in [0, 0.1) is 11.7 Å². The van der Waals surface area contributed by atoms with Crippen molar-refractivity contribution in [3.05, 3.63) is 60.0 Å². The van der Waals surface area contributed by atoms with Crippen molar-refractivity contribution >= 4 is 23.4 Å². The summed E-state index contributed by atoms with van der Waals surface area (Å²) in [5, 5.41) is 18.3. The molecular formula is C27H29FN2O5S. The topological polar surface area (TPSA) is 96.0 Å². The Hall–Kier alpha value is -2.88. The normalized spacial score (nSPS) is 21.8. The molecule has 2 aliphatic rings. The predicted molar refractivity (Wildman–Crippen MR) is 136 cm³/mol. The molecule has 1 aliphatic heterocycles. The zero-order valence-corrected chi connectivity index (χ0v) is 20.8. The lowest BCUT2D eigenvalue weighted by Gasteiger charge is -2.36. The minimum atomic E-state index is -1.77. The van der Waals surface area contributed by atoms with E-state index in [1.54, 1.807) is 12.1 Å². The molecule has 7 nitrogen and oxygen atoms in total. The fourth-order valence-corrected chi connectivity index (χ4v) is 6.02. The first-order valence-electron chi connectivity index (χ1n) is 12.1. The van der Waals surface area contributed by atoms with Gasteiger partial charge in [-0.3, -0.25) is 4.79 Å². The van der Waals surface area contributed by atoms with Crippen molar-refractivity contribution in [2.45, 2.75) is 36.7 Å². The second kappa shape index (κ2) is 10.2. The van der Waals surface area contributed by atoms with E-state index in [1.807, 2.05) is 29.2 Å². The average molecular weight is 513 g/mol. The van der Waals surface area contributed by atoms with Gasteiger partial charge in [-0.05, 0) is 61.4 Å². The monoisotopic (exact) mass is 512 g/mol. The number of ether oxygens (including phenoxy) is 1. The fraction of sp³-hybridized carbons (Fsp3) is 0.407. The molecule has 0 bridgehead atoms. The maximum absolute atomic E-state index is 13.5. The summed E-state index contributed by atoms with van der Waals surface area (Å²) in [6.07, 6.45) is 3.45. The van der Waals surface area contributed by atoms with E-state index in [0.717, 1.165) is 48.7 Å². The van der Waals surface area contributed by atoms with Crippen molar-refractivity contribution in [1.29, 1.82) is 0 Å². The Kier molecular flexibility index (Phi) is 7.05. The quantitative estimate of drug-likeness (QED) is 0.372. The van der Waals surface area contributed by atoms with Gasteiger partial charge in [0.25, 0.3) is 0 Å². The average Bonchev–Trinajstić information content (AvgIpc) is 3.33. The lowest BCUT2D eigenvalue weighted by Crippen LogP contribution is -2.46. The molecule has 0 radical (unpaired) electrons. The van der Waals surface area contributed by atoms with Crippen molar-refractivity contribution in [2.75, 3.05) is 30.9 Å². The van der Waals surface area contributed by atoms with Crippen molar-refractivity contribution < 1.29 is 28.6 Å². The molecule has 2 heterocycles. The number of rotatable bonds is 5. The van der Waals surface area contributed by atoms with Crippen molar-refractivity contribution in [2.24, 2.45) is 5.92 Å². The van der Waals surface area contributed by atoms with Crippen LogP contribution in [0.2, 0.25) is 0 Å². The van der Waals surface area contributed by atoms with Gasteiger partial charge in [-0.1, -0.05) is 24.6 Å². The molecule has 0 amide bonds. The maximum Gasteiger partial charge on any atom is 0.309 e. The molecule has 190 valence electrons. The molecule has 9 heteroatoms. The number of thioether (sulfide) groups is 1. The number of anilines is 1. The second-order valence-corrected chi connectivity index (χ2v) is 10.7. The fourth-order valence-electron chi connectivity index (χ4n) is 5.13. The number of esters is 1. The number of aromatic nitrogens is 1. The SMILES string of the molecule is COC(=O)[C@@H]1CCCC[C@H]1c1nc(-c2ccc(F)cc2)oc1-c1ccc(N2CCSC(O)(O)C2)cc1. The second-order valence-electron chi connectivity index (χ2n) is 9.32. The first-order valence-corrected chi connectivity index (χ1v) is 13.1. The molecule has 3 aromatic rings. The summed E-state index contributed by atoms with van der Waals surface area (Å²) < 4.78 is 24.9. The van der Waals surface area contributed by atoms with Gasteiger partial charge in [0, 0.05) is 35.0 Å². The molecule has 2 fully saturated rings. The van der Waals surface area contributed by atoms with Gasteiger partial charge in [-0.25, -0.2) is 9.37 Å². The lowest BCUT2D eigenvalue weighted by atomic mass is 9.76. The Morgan fingerprint density at radius 3 is 2.50 bits per heavy atom. The predicted octanol–water partition coefficient (Wildman–Crippen LogP) is 4.79. The molecular weight excluding hydrogens is 483 g/mol. The van der Waals surface area contributed by atoms with Crippen LogP contribution in [0.1, 0.15) is 37.3 Å². The molecule has 0 unspecified atom stereocenters. The van der Waals surface area contributed by atoms with Gasteiger partial charge in [0.15, 0.2) is 5.76 Å². The first kappa shape index (κ1) is 24.8. The minimum Gasteiger partial charge on any atom is -0.469 e. The minimum absolute atomic E-state index is 0.113. The number of aliphatic hydroxyl groups is 2. The van der Waals surface area contributed by atoms with E-state index in [4.69, 9.17) is 14.1 Å². The van der Waals surface area contributed by atoms with Crippen LogP contribution in [0.15, 0.2) is 52.9 Å². The van der Waals surface area contributed by atoms with Gasteiger partial charge in [-0.15, -0.1) is 0 Å². The number of hydrogen-bond donors (Lipinski definition) is 2. The van der Waals surface area contributed by atoms with E-state index in [1.165, 1.54) is 19.2 Å². The highest BCUT2D eigenvalue weighted by molar-refractivity contribution is 8.00. The molecule has 1 aliphatic carbocycles.